The van der Waals surface area contributed by atoms with Crippen LogP contribution in [0.15, 0.2) is 65.8 Å². The monoisotopic (exact) mass is 534 g/mol. The number of halogens is 1. The Morgan fingerprint density at radius 3 is 2.11 bits per heavy atom. The minimum absolute atomic E-state index is 0.212. The van der Waals surface area contributed by atoms with Gasteiger partial charge < -0.3 is 9.84 Å². The molecular weight excluding hydrogens is 500 g/mol. The first-order valence-corrected chi connectivity index (χ1v) is 12.9. The zero-order chi connectivity index (χ0) is 28.1. The first-order chi connectivity index (χ1) is 17.7. The summed E-state index contributed by atoms with van der Waals surface area (Å²) in [6.07, 6.45) is 2.31. The van der Waals surface area contributed by atoms with Gasteiger partial charge in [0.25, 0.3) is 0 Å². The predicted molar refractivity (Wildman–Crippen MR) is 152 cm³/mol. The molecule has 1 amide bonds. The van der Waals surface area contributed by atoms with Crippen molar-refractivity contribution in [2.75, 3.05) is 0 Å². The third-order valence-electron chi connectivity index (χ3n) is 5.98. The standard InChI is InChI=1S/C31H35ClN2O4/c1-30(2,3)25-16-21(17-26(28(25)36)31(4,5)6)12-15-27(35)34-33-19-20-10-13-24(14-11-20)38-29(37)22-8-7-9-23(32)18-22/h7-11,13-14,16-19,36H,12,15H2,1-6H3,(H,34,35)/b33-19-. The molecule has 2 N–H and O–H groups in total. The molecule has 0 aromatic heterocycles. The van der Waals surface area contributed by atoms with Crippen LogP contribution >= 0.6 is 11.6 Å². The lowest BCUT2D eigenvalue weighted by molar-refractivity contribution is -0.121. The van der Waals surface area contributed by atoms with E-state index in [0.717, 1.165) is 22.3 Å². The normalized spacial score (nSPS) is 12.0. The summed E-state index contributed by atoms with van der Waals surface area (Å²) in [5.74, 6) is -0.00238. The summed E-state index contributed by atoms with van der Waals surface area (Å²) in [5, 5.41) is 15.4. The molecule has 3 rings (SSSR count). The van der Waals surface area contributed by atoms with Crippen LogP contribution < -0.4 is 10.2 Å². The number of phenolic OH excluding ortho intramolecular Hbond substituents is 1. The molecule has 0 aliphatic rings. The fourth-order valence-corrected chi connectivity index (χ4v) is 4.07. The van der Waals surface area contributed by atoms with Crippen molar-refractivity contribution in [2.24, 2.45) is 5.10 Å². The molecule has 0 unspecified atom stereocenters. The molecule has 7 heteroatoms. The number of phenols is 1. The highest BCUT2D eigenvalue weighted by Gasteiger charge is 2.26. The number of hydrogen-bond donors (Lipinski definition) is 2. The molecule has 0 heterocycles. The second kappa shape index (κ2) is 11.8. The molecule has 0 spiro atoms. The number of ether oxygens (including phenoxy) is 1. The molecule has 0 saturated heterocycles. The number of nitrogens with zero attached hydrogens (tertiary/aromatic N) is 1. The van der Waals surface area contributed by atoms with Crippen LogP contribution in [0.5, 0.6) is 11.5 Å². The van der Waals surface area contributed by atoms with Gasteiger partial charge in [-0.25, -0.2) is 10.2 Å². The largest absolute Gasteiger partial charge is 0.507 e. The number of nitrogens with one attached hydrogen (secondary N) is 1. The number of hydrazone groups is 1. The van der Waals surface area contributed by atoms with Crippen LogP contribution in [0, 0.1) is 0 Å². The highest BCUT2D eigenvalue weighted by atomic mass is 35.5. The van der Waals surface area contributed by atoms with E-state index in [4.69, 9.17) is 16.3 Å². The maximum atomic E-state index is 12.4. The smallest absolute Gasteiger partial charge is 0.343 e. The van der Waals surface area contributed by atoms with Gasteiger partial charge in [-0.15, -0.1) is 0 Å². The maximum absolute atomic E-state index is 12.4. The number of aryl methyl sites for hydroxylation is 1. The number of esters is 1. The third kappa shape index (κ3) is 7.93. The maximum Gasteiger partial charge on any atom is 0.343 e. The first-order valence-electron chi connectivity index (χ1n) is 12.5. The molecule has 38 heavy (non-hydrogen) atoms. The molecule has 3 aromatic rings. The van der Waals surface area contributed by atoms with Gasteiger partial charge in [-0.1, -0.05) is 71.3 Å². The van der Waals surface area contributed by atoms with Crippen LogP contribution in [0.4, 0.5) is 0 Å². The number of rotatable bonds is 7. The molecule has 6 nitrogen and oxygen atoms in total. The van der Waals surface area contributed by atoms with E-state index in [-0.39, 0.29) is 23.2 Å². The van der Waals surface area contributed by atoms with Crippen molar-refractivity contribution < 1.29 is 19.4 Å². The van der Waals surface area contributed by atoms with Gasteiger partial charge >= 0.3 is 5.97 Å². The molecule has 0 aliphatic heterocycles. The summed E-state index contributed by atoms with van der Waals surface area (Å²) in [6.45, 7) is 12.4. The number of amides is 1. The number of benzene rings is 3. The molecule has 0 saturated carbocycles. The molecular formula is C31H35ClN2O4. The number of aromatic hydroxyl groups is 1. The van der Waals surface area contributed by atoms with E-state index in [1.807, 2.05) is 12.1 Å². The van der Waals surface area contributed by atoms with Gasteiger partial charge in [-0.05, 0) is 82.0 Å². The van der Waals surface area contributed by atoms with Crippen LogP contribution in [0.1, 0.15) is 80.6 Å². The molecule has 0 bridgehead atoms. The quantitative estimate of drug-likeness (QED) is 0.149. The summed E-state index contributed by atoms with van der Waals surface area (Å²) < 4.78 is 5.37. The van der Waals surface area contributed by atoms with Gasteiger partial charge in [0.2, 0.25) is 5.91 Å². The van der Waals surface area contributed by atoms with E-state index in [1.54, 1.807) is 48.5 Å². The Kier molecular flexibility index (Phi) is 9.00. The summed E-state index contributed by atoms with van der Waals surface area (Å²) in [7, 11) is 0. The van der Waals surface area contributed by atoms with Gasteiger partial charge in [-0.2, -0.15) is 5.10 Å². The average Bonchev–Trinajstić information content (AvgIpc) is 2.83. The summed E-state index contributed by atoms with van der Waals surface area (Å²) in [4.78, 5) is 24.7. The van der Waals surface area contributed by atoms with Crippen molar-refractivity contribution in [3.63, 3.8) is 0 Å². The topological polar surface area (TPSA) is 88.0 Å². The Morgan fingerprint density at radius 2 is 1.55 bits per heavy atom. The molecule has 200 valence electrons. The predicted octanol–water partition coefficient (Wildman–Crippen LogP) is 6.94. The Hall–Kier alpha value is -3.64. The van der Waals surface area contributed by atoms with Crippen LogP contribution in [-0.2, 0) is 22.0 Å². The zero-order valence-corrected chi connectivity index (χ0v) is 23.5. The number of carbonyl (C=O) groups is 2. The Balaban J connectivity index is 1.57. The van der Waals surface area contributed by atoms with E-state index in [2.05, 4.69) is 52.1 Å². The van der Waals surface area contributed by atoms with Gasteiger partial charge in [0, 0.05) is 11.4 Å². The highest BCUT2D eigenvalue weighted by molar-refractivity contribution is 6.30. The average molecular weight is 535 g/mol. The summed E-state index contributed by atoms with van der Waals surface area (Å²) >= 11 is 5.92. The third-order valence-corrected chi connectivity index (χ3v) is 6.22. The molecule has 3 aromatic carbocycles. The number of hydrogen-bond acceptors (Lipinski definition) is 5. The van der Waals surface area contributed by atoms with Crippen LogP contribution in [0.25, 0.3) is 0 Å². The van der Waals surface area contributed by atoms with Crippen LogP contribution in [-0.4, -0.2) is 23.2 Å². The zero-order valence-electron chi connectivity index (χ0n) is 22.8. The number of carbonyl (C=O) groups excluding carboxylic acids is 2. The lowest BCUT2D eigenvalue weighted by Crippen LogP contribution is -2.20. The van der Waals surface area contributed by atoms with E-state index in [0.29, 0.717) is 28.5 Å². The van der Waals surface area contributed by atoms with Crippen molar-refractivity contribution in [3.8, 4) is 11.5 Å². The van der Waals surface area contributed by atoms with E-state index in [1.165, 1.54) is 6.21 Å². The van der Waals surface area contributed by atoms with Gasteiger partial charge in [0.1, 0.15) is 11.5 Å². The fourth-order valence-electron chi connectivity index (χ4n) is 3.88. The summed E-state index contributed by atoms with van der Waals surface area (Å²) in [6, 6.07) is 17.3. The van der Waals surface area contributed by atoms with Crippen molar-refractivity contribution in [1.29, 1.82) is 0 Å². The highest BCUT2D eigenvalue weighted by Crippen LogP contribution is 2.40. The van der Waals surface area contributed by atoms with Crippen molar-refractivity contribution in [3.05, 3.63) is 93.5 Å². The fraction of sp³-hybridized carbons (Fsp3) is 0.323. The lowest BCUT2D eigenvalue weighted by Gasteiger charge is -2.28. The molecule has 0 fully saturated rings. The van der Waals surface area contributed by atoms with Gasteiger partial charge in [0.15, 0.2) is 0 Å². The van der Waals surface area contributed by atoms with E-state index in [9.17, 15) is 14.7 Å². The van der Waals surface area contributed by atoms with Crippen LogP contribution in [0.3, 0.4) is 0 Å². The van der Waals surface area contributed by atoms with Crippen molar-refractivity contribution in [1.82, 2.24) is 5.43 Å². The van der Waals surface area contributed by atoms with E-state index >= 15 is 0 Å². The molecule has 0 radical (unpaired) electrons. The van der Waals surface area contributed by atoms with Gasteiger partial charge in [-0.3, -0.25) is 4.79 Å². The van der Waals surface area contributed by atoms with Crippen LogP contribution in [0.2, 0.25) is 5.02 Å². The Morgan fingerprint density at radius 1 is 0.947 bits per heavy atom. The first kappa shape index (κ1) is 28.9. The molecule has 0 atom stereocenters. The molecule has 0 aliphatic carbocycles. The SMILES string of the molecule is CC(C)(C)c1cc(CCC(=O)N/N=C\c2ccc(OC(=O)c3cccc(Cl)c3)cc2)cc(C(C)(C)C)c1O. The lowest BCUT2D eigenvalue weighted by atomic mass is 9.78. The second-order valence-electron chi connectivity index (χ2n) is 11.3. The Labute approximate surface area is 229 Å². The Bertz CT molecular complexity index is 1300. The minimum atomic E-state index is -0.501. The summed E-state index contributed by atoms with van der Waals surface area (Å²) in [5.41, 5.74) is 5.95. The second-order valence-corrected chi connectivity index (χ2v) is 11.7. The van der Waals surface area contributed by atoms with E-state index < -0.39 is 5.97 Å². The van der Waals surface area contributed by atoms with Gasteiger partial charge in [0.05, 0.1) is 11.8 Å². The van der Waals surface area contributed by atoms with Crippen molar-refractivity contribution in [2.45, 2.75) is 65.2 Å². The van der Waals surface area contributed by atoms with Crippen molar-refractivity contribution >= 4 is 29.7 Å². The minimum Gasteiger partial charge on any atom is -0.507 e.